The molecule has 140 valence electrons. The van der Waals surface area contributed by atoms with Crippen LogP contribution < -0.4 is 5.43 Å². The lowest BCUT2D eigenvalue weighted by Gasteiger charge is -2.10. The maximum atomic E-state index is 12.4. The molecule has 0 aliphatic heterocycles. The number of H-pyrrole nitrogens is 1. The summed E-state index contributed by atoms with van der Waals surface area (Å²) in [6.07, 6.45) is 2.16. The van der Waals surface area contributed by atoms with E-state index < -0.39 is 0 Å². The molecule has 0 saturated carbocycles. The average Bonchev–Trinajstić information content (AvgIpc) is 3.06. The number of benzene rings is 2. The van der Waals surface area contributed by atoms with Crippen molar-refractivity contribution in [3.63, 3.8) is 0 Å². The zero-order valence-corrected chi connectivity index (χ0v) is 18.2. The van der Waals surface area contributed by atoms with Gasteiger partial charge in [0.25, 0.3) is 5.91 Å². The standard InChI is InChI=1S/C18H16Br2N4O2S/c1-2-15(27-18-22-13-5-3-4-6-14(13)23-18)17(26)24-21-9-10-7-11(19)16(25)12(20)8-10/h3-9,15,25H,2H2,1H3,(H,22,23)(H,24,26)/b21-9+. The van der Waals surface area contributed by atoms with Crippen LogP contribution in [0.5, 0.6) is 5.75 Å². The Morgan fingerprint density at radius 2 is 2.07 bits per heavy atom. The molecule has 0 fully saturated rings. The normalized spacial score (nSPS) is 12.6. The summed E-state index contributed by atoms with van der Waals surface area (Å²) in [4.78, 5) is 20.1. The van der Waals surface area contributed by atoms with Gasteiger partial charge in [0.2, 0.25) is 0 Å². The van der Waals surface area contributed by atoms with Crippen molar-refractivity contribution in [2.75, 3.05) is 0 Å². The average molecular weight is 512 g/mol. The first kappa shape index (κ1) is 19.9. The highest BCUT2D eigenvalue weighted by Gasteiger charge is 2.19. The van der Waals surface area contributed by atoms with Gasteiger partial charge < -0.3 is 10.1 Å². The van der Waals surface area contributed by atoms with E-state index in [1.165, 1.54) is 18.0 Å². The smallest absolute Gasteiger partial charge is 0.253 e. The first-order valence-electron chi connectivity index (χ1n) is 8.10. The van der Waals surface area contributed by atoms with Crippen LogP contribution >= 0.6 is 43.6 Å². The Morgan fingerprint density at radius 3 is 2.74 bits per heavy atom. The molecule has 2 aromatic carbocycles. The maximum absolute atomic E-state index is 12.4. The number of fused-ring (bicyclic) bond motifs is 1. The SMILES string of the molecule is CCC(Sc1nc2ccccc2[nH]1)C(=O)N/N=C/c1cc(Br)c(O)c(Br)c1. The number of para-hydroxylation sites is 2. The number of thioether (sulfide) groups is 1. The molecule has 1 amide bonds. The van der Waals surface area contributed by atoms with Crippen molar-refractivity contribution < 1.29 is 9.90 Å². The molecule has 3 aromatic rings. The number of phenolic OH excluding ortho intramolecular Hbond substituents is 1. The Bertz CT molecular complexity index is 950. The number of hydrogen-bond acceptors (Lipinski definition) is 5. The predicted octanol–water partition coefficient (Wildman–Crippen LogP) is 4.81. The van der Waals surface area contributed by atoms with E-state index in [0.29, 0.717) is 20.5 Å². The summed E-state index contributed by atoms with van der Waals surface area (Å²) in [5.74, 6) is -0.0828. The molecule has 1 aromatic heterocycles. The van der Waals surface area contributed by atoms with Crippen molar-refractivity contribution in [1.82, 2.24) is 15.4 Å². The number of hydrazone groups is 1. The maximum Gasteiger partial charge on any atom is 0.253 e. The largest absolute Gasteiger partial charge is 0.506 e. The van der Waals surface area contributed by atoms with Crippen molar-refractivity contribution in [3.05, 3.63) is 50.9 Å². The van der Waals surface area contributed by atoms with Gasteiger partial charge in [-0.1, -0.05) is 30.8 Å². The van der Waals surface area contributed by atoms with Gasteiger partial charge in [0, 0.05) is 0 Å². The van der Waals surface area contributed by atoms with Crippen molar-refractivity contribution in [2.24, 2.45) is 5.10 Å². The number of aromatic hydroxyl groups is 1. The van der Waals surface area contributed by atoms with Crippen molar-refractivity contribution in [1.29, 1.82) is 0 Å². The quantitative estimate of drug-likeness (QED) is 0.251. The summed E-state index contributed by atoms with van der Waals surface area (Å²) in [7, 11) is 0. The van der Waals surface area contributed by atoms with E-state index in [0.717, 1.165) is 16.6 Å². The fraction of sp³-hybridized carbons (Fsp3) is 0.167. The van der Waals surface area contributed by atoms with E-state index >= 15 is 0 Å². The van der Waals surface area contributed by atoms with Gasteiger partial charge in [-0.3, -0.25) is 4.79 Å². The van der Waals surface area contributed by atoms with Crippen LogP contribution in [-0.4, -0.2) is 32.4 Å². The van der Waals surface area contributed by atoms with Gasteiger partial charge in [-0.15, -0.1) is 0 Å². The lowest BCUT2D eigenvalue weighted by atomic mass is 10.2. The van der Waals surface area contributed by atoms with Crippen LogP contribution in [0.2, 0.25) is 0 Å². The van der Waals surface area contributed by atoms with Gasteiger partial charge in [-0.05, 0) is 68.1 Å². The lowest BCUT2D eigenvalue weighted by molar-refractivity contribution is -0.120. The molecule has 1 unspecified atom stereocenters. The summed E-state index contributed by atoms with van der Waals surface area (Å²) in [6, 6.07) is 11.2. The molecule has 0 bridgehead atoms. The number of carbonyl (C=O) groups is 1. The Kier molecular flexibility index (Phi) is 6.56. The molecule has 0 radical (unpaired) electrons. The topological polar surface area (TPSA) is 90.4 Å². The highest BCUT2D eigenvalue weighted by atomic mass is 79.9. The number of aromatic amines is 1. The molecule has 1 atom stereocenters. The highest BCUT2D eigenvalue weighted by Crippen LogP contribution is 2.32. The third-order valence-electron chi connectivity index (χ3n) is 3.71. The fourth-order valence-corrected chi connectivity index (χ4v) is 4.48. The van der Waals surface area contributed by atoms with Crippen LogP contribution in [0, 0.1) is 0 Å². The summed E-state index contributed by atoms with van der Waals surface area (Å²) in [5.41, 5.74) is 5.10. The minimum atomic E-state index is -0.319. The number of aromatic nitrogens is 2. The van der Waals surface area contributed by atoms with Crippen molar-refractivity contribution in [2.45, 2.75) is 23.8 Å². The van der Waals surface area contributed by atoms with Crippen LogP contribution in [0.15, 0.2) is 55.6 Å². The number of amides is 1. The second-order valence-corrected chi connectivity index (χ2v) is 8.54. The molecule has 9 heteroatoms. The van der Waals surface area contributed by atoms with Gasteiger partial charge in [0.15, 0.2) is 5.16 Å². The Balaban J connectivity index is 1.64. The number of rotatable bonds is 6. The zero-order chi connectivity index (χ0) is 19.4. The first-order chi connectivity index (χ1) is 13.0. The number of carbonyl (C=O) groups excluding carboxylic acids is 1. The Morgan fingerprint density at radius 1 is 1.37 bits per heavy atom. The zero-order valence-electron chi connectivity index (χ0n) is 14.2. The molecular formula is C18H16Br2N4O2S. The molecule has 0 aliphatic carbocycles. The molecular weight excluding hydrogens is 496 g/mol. The molecule has 27 heavy (non-hydrogen) atoms. The monoisotopic (exact) mass is 510 g/mol. The summed E-state index contributed by atoms with van der Waals surface area (Å²) >= 11 is 7.90. The van der Waals surface area contributed by atoms with Crippen molar-refractivity contribution in [3.8, 4) is 5.75 Å². The number of halogens is 2. The summed E-state index contributed by atoms with van der Waals surface area (Å²) in [5, 5.41) is 14.1. The van der Waals surface area contributed by atoms with Gasteiger partial charge in [0.1, 0.15) is 5.75 Å². The third kappa shape index (κ3) is 4.91. The third-order valence-corrected chi connectivity index (χ3v) is 6.17. The predicted molar refractivity (Wildman–Crippen MR) is 115 cm³/mol. The molecule has 3 rings (SSSR count). The van der Waals surface area contributed by atoms with E-state index in [9.17, 15) is 9.90 Å². The molecule has 0 saturated heterocycles. The van der Waals surface area contributed by atoms with E-state index in [1.54, 1.807) is 12.1 Å². The number of nitrogens with zero attached hydrogens (tertiary/aromatic N) is 2. The van der Waals surface area contributed by atoms with Crippen LogP contribution in [-0.2, 0) is 4.79 Å². The summed E-state index contributed by atoms with van der Waals surface area (Å²) in [6.45, 7) is 1.94. The molecule has 0 aliphatic rings. The van der Waals surface area contributed by atoms with Gasteiger partial charge in [0.05, 0.1) is 31.4 Å². The number of nitrogens with one attached hydrogen (secondary N) is 2. The Labute approximate surface area is 177 Å². The summed E-state index contributed by atoms with van der Waals surface area (Å²) < 4.78 is 1.08. The second-order valence-electron chi connectivity index (χ2n) is 5.64. The highest BCUT2D eigenvalue weighted by molar-refractivity contribution is 9.11. The van der Waals surface area contributed by atoms with Crippen LogP contribution in [0.4, 0.5) is 0 Å². The van der Waals surface area contributed by atoms with Gasteiger partial charge in [-0.2, -0.15) is 5.10 Å². The van der Waals surface area contributed by atoms with Gasteiger partial charge in [-0.25, -0.2) is 10.4 Å². The lowest BCUT2D eigenvalue weighted by Crippen LogP contribution is -2.28. The number of phenols is 1. The second kappa shape index (κ2) is 8.90. The number of hydrogen-bond donors (Lipinski definition) is 3. The van der Waals surface area contributed by atoms with Crippen LogP contribution in [0.1, 0.15) is 18.9 Å². The Hall–Kier alpha value is -1.84. The fourth-order valence-electron chi connectivity index (χ4n) is 2.34. The number of imidazole rings is 1. The van der Waals surface area contributed by atoms with E-state index in [2.05, 4.69) is 52.4 Å². The van der Waals surface area contributed by atoms with E-state index in [4.69, 9.17) is 0 Å². The van der Waals surface area contributed by atoms with E-state index in [1.807, 2.05) is 31.2 Å². The molecule has 3 N–H and O–H groups in total. The molecule has 0 spiro atoms. The first-order valence-corrected chi connectivity index (χ1v) is 10.6. The minimum absolute atomic E-state index is 0.115. The van der Waals surface area contributed by atoms with Crippen molar-refractivity contribution >= 4 is 66.8 Å². The van der Waals surface area contributed by atoms with E-state index in [-0.39, 0.29) is 16.9 Å². The molecule has 1 heterocycles. The molecule has 6 nitrogen and oxygen atoms in total. The van der Waals surface area contributed by atoms with Gasteiger partial charge >= 0.3 is 0 Å². The van der Waals surface area contributed by atoms with Crippen LogP contribution in [0.25, 0.3) is 11.0 Å². The van der Waals surface area contributed by atoms with Crippen LogP contribution in [0.3, 0.4) is 0 Å². The minimum Gasteiger partial charge on any atom is -0.506 e.